The van der Waals surface area contributed by atoms with Gasteiger partial charge in [0, 0.05) is 17.7 Å². The van der Waals surface area contributed by atoms with Crippen LogP contribution in [0.1, 0.15) is 16.7 Å². The molecule has 7 nitrogen and oxygen atoms in total. The molecular formula is C25H32ClF3O7Si. The highest BCUT2D eigenvalue weighted by atomic mass is 35.5. The van der Waals surface area contributed by atoms with Crippen LogP contribution in [0.25, 0.3) is 0 Å². The Balaban J connectivity index is 1.86. The highest BCUT2D eigenvalue weighted by molar-refractivity contribution is 6.69. The van der Waals surface area contributed by atoms with Crippen LogP contribution in [-0.2, 0) is 26.1 Å². The van der Waals surface area contributed by atoms with Crippen molar-refractivity contribution >= 4 is 19.9 Å². The van der Waals surface area contributed by atoms with Crippen molar-refractivity contribution in [1.29, 1.82) is 0 Å². The van der Waals surface area contributed by atoms with Crippen molar-refractivity contribution in [2.75, 3.05) is 20.3 Å². The lowest BCUT2D eigenvalue weighted by Gasteiger charge is -2.48. The number of methoxy groups -OCH3 is 1. The van der Waals surface area contributed by atoms with E-state index in [1.54, 1.807) is 30.3 Å². The predicted molar refractivity (Wildman–Crippen MR) is 133 cm³/mol. The summed E-state index contributed by atoms with van der Waals surface area (Å²) in [6, 6.07) is 11.0. The molecule has 1 aliphatic rings. The molecule has 2 aromatic rings. The van der Waals surface area contributed by atoms with Crippen LogP contribution in [0, 0.1) is 0 Å². The topological polar surface area (TPSA) is 97.6 Å². The van der Waals surface area contributed by atoms with E-state index in [2.05, 4.69) is 0 Å². The van der Waals surface area contributed by atoms with Gasteiger partial charge in [0.15, 0.2) is 14.9 Å². The van der Waals surface area contributed by atoms with E-state index in [-0.39, 0.29) is 12.4 Å². The Morgan fingerprint density at radius 2 is 1.68 bits per heavy atom. The minimum Gasteiger partial charge on any atom is -0.484 e. The van der Waals surface area contributed by atoms with Crippen LogP contribution in [0.5, 0.6) is 5.75 Å². The zero-order valence-electron chi connectivity index (χ0n) is 21.0. The molecule has 5 atom stereocenters. The molecule has 0 spiro atoms. The quantitative estimate of drug-likeness (QED) is 0.396. The number of ether oxygens (including phenoxy) is 3. The monoisotopic (exact) mass is 564 g/mol. The van der Waals surface area contributed by atoms with Gasteiger partial charge in [-0.3, -0.25) is 0 Å². The number of rotatable bonds is 9. The largest absolute Gasteiger partial charge is 0.484 e. The third-order valence-corrected chi connectivity index (χ3v) is 7.32. The second-order valence-corrected chi connectivity index (χ2v) is 14.8. The lowest BCUT2D eigenvalue weighted by atomic mass is 9.87. The molecule has 0 saturated carbocycles. The van der Waals surface area contributed by atoms with E-state index in [0.717, 1.165) is 5.56 Å². The van der Waals surface area contributed by atoms with Gasteiger partial charge in [-0.1, -0.05) is 29.8 Å². The van der Waals surface area contributed by atoms with E-state index in [0.29, 0.717) is 22.6 Å². The Kier molecular flexibility index (Phi) is 9.34. The molecule has 1 aliphatic heterocycles. The van der Waals surface area contributed by atoms with Gasteiger partial charge in [-0.15, -0.1) is 0 Å². The van der Waals surface area contributed by atoms with E-state index in [1.807, 2.05) is 19.6 Å². The number of aliphatic hydroxyl groups is 3. The van der Waals surface area contributed by atoms with Crippen molar-refractivity contribution in [2.45, 2.75) is 62.4 Å². The minimum atomic E-state index is -4.43. The summed E-state index contributed by atoms with van der Waals surface area (Å²) in [6.07, 6.45) is -9.72. The highest BCUT2D eigenvalue weighted by Crippen LogP contribution is 2.41. The van der Waals surface area contributed by atoms with Crippen molar-refractivity contribution in [3.8, 4) is 5.75 Å². The molecule has 3 rings (SSSR count). The van der Waals surface area contributed by atoms with Gasteiger partial charge in [0.1, 0.15) is 30.2 Å². The van der Waals surface area contributed by atoms with E-state index >= 15 is 0 Å². The van der Waals surface area contributed by atoms with Gasteiger partial charge < -0.3 is 34.0 Å². The molecule has 1 heterocycles. The number of hydrogen-bond acceptors (Lipinski definition) is 7. The van der Waals surface area contributed by atoms with Gasteiger partial charge in [0.05, 0.1) is 6.61 Å². The molecule has 1 saturated heterocycles. The van der Waals surface area contributed by atoms with Gasteiger partial charge in [0.25, 0.3) is 0 Å². The summed E-state index contributed by atoms with van der Waals surface area (Å²) < 4.78 is 59.5. The third-order valence-electron chi connectivity index (χ3n) is 5.92. The Morgan fingerprint density at radius 1 is 1.03 bits per heavy atom. The molecule has 3 N–H and O–H groups in total. The van der Waals surface area contributed by atoms with Gasteiger partial charge in [-0.05, 0) is 61.5 Å². The zero-order chi connectivity index (χ0) is 27.6. The first kappa shape index (κ1) is 29.8. The fourth-order valence-electron chi connectivity index (χ4n) is 4.00. The van der Waals surface area contributed by atoms with E-state index in [1.165, 1.54) is 19.2 Å². The van der Waals surface area contributed by atoms with Crippen molar-refractivity contribution in [2.24, 2.45) is 0 Å². The van der Waals surface area contributed by atoms with E-state index < -0.39 is 51.3 Å². The smallest absolute Gasteiger partial charge is 0.422 e. The predicted octanol–water partition coefficient (Wildman–Crippen LogP) is 4.00. The number of alkyl halides is 3. The maximum absolute atomic E-state index is 12.4. The summed E-state index contributed by atoms with van der Waals surface area (Å²) in [7, 11) is -0.665. The first-order chi connectivity index (χ1) is 17.1. The van der Waals surface area contributed by atoms with Crippen LogP contribution in [0.3, 0.4) is 0 Å². The van der Waals surface area contributed by atoms with Gasteiger partial charge >= 0.3 is 6.18 Å². The van der Waals surface area contributed by atoms with Gasteiger partial charge in [0.2, 0.25) is 5.79 Å². The number of benzene rings is 2. The molecule has 0 aromatic heterocycles. The standard InChI is InChI=1S/C25H32ClF3O7Si/c1-33-25(23(32)22(31)21(30)20(36-25)13-35-37(2,3)4)17-7-10-19(26)16(12-17)11-15-5-8-18(9-6-15)34-14-24(27,28)29/h5-10,12,20-23,30-32H,11,13-14H2,1-4H3/t20-,21-,22+,23-,25+/m1/s1. The van der Waals surface area contributed by atoms with Crippen molar-refractivity contribution in [1.82, 2.24) is 0 Å². The Morgan fingerprint density at radius 3 is 2.24 bits per heavy atom. The van der Waals surface area contributed by atoms with Crippen molar-refractivity contribution < 1.29 is 47.1 Å². The molecule has 1 fully saturated rings. The number of halogens is 4. The average molecular weight is 565 g/mol. The van der Waals surface area contributed by atoms with Crippen molar-refractivity contribution in [3.63, 3.8) is 0 Å². The zero-order valence-corrected chi connectivity index (χ0v) is 22.7. The first-order valence-corrected chi connectivity index (χ1v) is 15.4. The maximum atomic E-state index is 12.4. The molecule has 0 aliphatic carbocycles. The Hall–Kier alpha value is -1.70. The fraction of sp³-hybridized carbons (Fsp3) is 0.520. The first-order valence-electron chi connectivity index (χ1n) is 11.6. The molecule has 206 valence electrons. The summed E-state index contributed by atoms with van der Waals surface area (Å²) in [5, 5.41) is 32.5. The molecule has 37 heavy (non-hydrogen) atoms. The summed E-state index contributed by atoms with van der Waals surface area (Å²) in [5.74, 6) is -1.74. The average Bonchev–Trinajstić information content (AvgIpc) is 2.82. The van der Waals surface area contributed by atoms with Gasteiger partial charge in [-0.25, -0.2) is 0 Å². The number of hydrogen-bond donors (Lipinski definition) is 3. The minimum absolute atomic E-state index is 0.00498. The fourth-order valence-corrected chi connectivity index (χ4v) is 4.85. The molecule has 0 bridgehead atoms. The van der Waals surface area contributed by atoms with Crippen LogP contribution in [0.2, 0.25) is 24.7 Å². The third kappa shape index (κ3) is 7.45. The molecule has 0 amide bonds. The Labute approximate surface area is 219 Å². The summed E-state index contributed by atoms with van der Waals surface area (Å²) in [6.45, 7) is 4.52. The highest BCUT2D eigenvalue weighted by Gasteiger charge is 2.55. The summed E-state index contributed by atoms with van der Waals surface area (Å²) >= 11 is 6.42. The SMILES string of the molecule is CO[C@@]1(c2ccc(Cl)c(Cc3ccc(OCC(F)(F)F)cc3)c2)O[C@H](CO[Si](C)(C)C)[C@@H](O)[C@H](O)[C@H]1O. The van der Waals surface area contributed by atoms with Crippen LogP contribution in [0.15, 0.2) is 42.5 Å². The lowest BCUT2D eigenvalue weighted by Crippen LogP contribution is -2.64. The van der Waals surface area contributed by atoms with Gasteiger partial charge in [-0.2, -0.15) is 13.2 Å². The van der Waals surface area contributed by atoms with Crippen LogP contribution < -0.4 is 4.74 Å². The molecule has 12 heteroatoms. The van der Waals surface area contributed by atoms with E-state index in [9.17, 15) is 28.5 Å². The van der Waals surface area contributed by atoms with Crippen molar-refractivity contribution in [3.05, 3.63) is 64.2 Å². The second kappa shape index (κ2) is 11.6. The summed E-state index contributed by atoms with van der Waals surface area (Å²) in [4.78, 5) is 0. The number of aliphatic hydroxyl groups excluding tert-OH is 3. The van der Waals surface area contributed by atoms with Crippen LogP contribution >= 0.6 is 11.6 Å². The molecule has 2 aromatic carbocycles. The Bertz CT molecular complexity index is 1050. The molecule has 0 unspecified atom stereocenters. The van der Waals surface area contributed by atoms with Crippen LogP contribution in [-0.4, -0.2) is 74.6 Å². The van der Waals surface area contributed by atoms with E-state index in [4.69, 9.17) is 30.2 Å². The molecular weight excluding hydrogens is 533 g/mol. The molecule has 0 radical (unpaired) electrons. The summed E-state index contributed by atoms with van der Waals surface area (Å²) in [5.41, 5.74) is 1.72. The van der Waals surface area contributed by atoms with Crippen LogP contribution in [0.4, 0.5) is 13.2 Å². The maximum Gasteiger partial charge on any atom is 0.422 e. The lowest BCUT2D eigenvalue weighted by molar-refractivity contribution is -0.365. The normalized spacial score (nSPS) is 26.8. The second-order valence-electron chi connectivity index (χ2n) is 9.91.